The minimum Gasteiger partial charge on any atom is -0.312 e. The molecule has 2 aromatic heterocycles. The molecule has 2 aliphatic carbocycles. The second kappa shape index (κ2) is 10.7. The minimum atomic E-state index is -4.34. The van der Waals surface area contributed by atoms with Crippen molar-refractivity contribution in [2.75, 3.05) is 6.54 Å². The van der Waals surface area contributed by atoms with E-state index in [4.69, 9.17) is 0 Å². The zero-order valence-corrected chi connectivity index (χ0v) is 20.2. The zero-order chi connectivity index (χ0) is 26.0. The Kier molecular flexibility index (Phi) is 8.82. The Morgan fingerprint density at radius 1 is 1.03 bits per heavy atom. The van der Waals surface area contributed by atoms with Gasteiger partial charge in [0.05, 0.1) is 11.3 Å². The highest BCUT2D eigenvalue weighted by molar-refractivity contribution is 5.40. The van der Waals surface area contributed by atoms with Crippen molar-refractivity contribution in [2.24, 2.45) is 20.0 Å². The van der Waals surface area contributed by atoms with Gasteiger partial charge in [0.1, 0.15) is 5.69 Å². The fourth-order valence-corrected chi connectivity index (χ4v) is 4.50. The lowest BCUT2D eigenvalue weighted by atomic mass is 9.92. The maximum absolute atomic E-state index is 13.7. The Hall–Kier alpha value is -2.11. The first-order valence-electron chi connectivity index (χ1n) is 11.5. The molecule has 2 aromatic rings. The molecule has 3 aliphatic rings. The van der Waals surface area contributed by atoms with E-state index in [2.05, 4.69) is 15.5 Å². The standard InChI is InChI=1S/C10H10F4N2.C8H10F3N3.2C2H6/c1-16-8-5-2-4(5)3-10(13,14)6(8)7(15-16)9(11)12;1-14-6-2-3-12-4-5(6)7(13-14)8(9,10)11;2*1-2/h4-5,9H,2-3H2,1H3;12H,2-4H2,1H3;2*1-2H3. The van der Waals surface area contributed by atoms with Gasteiger partial charge < -0.3 is 5.32 Å². The Labute approximate surface area is 194 Å². The maximum atomic E-state index is 13.7. The lowest BCUT2D eigenvalue weighted by Gasteiger charge is -2.22. The first kappa shape index (κ1) is 28.1. The number of halogens is 7. The summed E-state index contributed by atoms with van der Waals surface area (Å²) in [7, 11) is 3.01. The van der Waals surface area contributed by atoms with Crippen molar-refractivity contribution < 1.29 is 30.7 Å². The number of aromatic nitrogens is 4. The molecule has 3 heterocycles. The molecule has 5 nitrogen and oxygen atoms in total. The van der Waals surface area contributed by atoms with Crippen LogP contribution in [0.2, 0.25) is 0 Å². The Balaban J connectivity index is 0.000000211. The zero-order valence-electron chi connectivity index (χ0n) is 20.2. The molecule has 1 aliphatic heterocycles. The molecular formula is C22H32F7N5. The van der Waals surface area contributed by atoms with Gasteiger partial charge >= 0.3 is 6.18 Å². The lowest BCUT2D eigenvalue weighted by Crippen LogP contribution is -2.25. The molecule has 1 fully saturated rings. The maximum Gasteiger partial charge on any atom is 0.435 e. The Bertz CT molecular complexity index is 962. The topological polar surface area (TPSA) is 47.7 Å². The number of alkyl halides is 7. The van der Waals surface area contributed by atoms with Gasteiger partial charge in [-0.1, -0.05) is 27.7 Å². The number of nitrogens with one attached hydrogen (secondary N) is 1. The first-order chi connectivity index (χ1) is 15.9. The average Bonchev–Trinajstić information content (AvgIpc) is 3.30. The summed E-state index contributed by atoms with van der Waals surface area (Å²) in [6, 6.07) is 0. The summed E-state index contributed by atoms with van der Waals surface area (Å²) in [5, 5.41) is 9.98. The molecular weight excluding hydrogens is 467 g/mol. The van der Waals surface area contributed by atoms with Crippen LogP contribution in [0.25, 0.3) is 0 Å². The molecule has 12 heteroatoms. The molecule has 0 amide bonds. The van der Waals surface area contributed by atoms with E-state index in [1.54, 1.807) is 7.05 Å². The predicted octanol–water partition coefficient (Wildman–Crippen LogP) is 6.09. The number of rotatable bonds is 1. The number of hydrogen-bond acceptors (Lipinski definition) is 3. The average molecular weight is 500 g/mol. The molecule has 5 rings (SSSR count). The Morgan fingerprint density at radius 2 is 1.65 bits per heavy atom. The number of fused-ring (bicyclic) bond motifs is 4. The number of aryl methyl sites for hydroxylation is 2. The smallest absolute Gasteiger partial charge is 0.312 e. The normalized spacial score (nSPS) is 21.5. The molecule has 0 radical (unpaired) electrons. The predicted molar refractivity (Wildman–Crippen MR) is 114 cm³/mol. The van der Waals surface area contributed by atoms with Gasteiger partial charge in [-0.15, -0.1) is 0 Å². The third-order valence-electron chi connectivity index (χ3n) is 5.87. The van der Waals surface area contributed by atoms with E-state index in [0.29, 0.717) is 36.3 Å². The van der Waals surface area contributed by atoms with E-state index in [-0.39, 0.29) is 24.8 Å². The van der Waals surface area contributed by atoms with Crippen LogP contribution in [0, 0.1) is 5.92 Å². The second-order valence-electron chi connectivity index (χ2n) is 7.90. The van der Waals surface area contributed by atoms with Gasteiger partial charge in [0.15, 0.2) is 5.69 Å². The summed E-state index contributed by atoms with van der Waals surface area (Å²) in [5.41, 5.74) is -0.697. The van der Waals surface area contributed by atoms with Crippen molar-refractivity contribution in [1.29, 1.82) is 0 Å². The number of hydrogen-bond donors (Lipinski definition) is 1. The Morgan fingerprint density at radius 3 is 2.21 bits per heavy atom. The fraction of sp³-hybridized carbons (Fsp3) is 0.727. The molecule has 2 atom stereocenters. The van der Waals surface area contributed by atoms with E-state index in [1.165, 1.54) is 16.4 Å². The van der Waals surface area contributed by atoms with Gasteiger partial charge in [0, 0.05) is 57.2 Å². The van der Waals surface area contributed by atoms with E-state index >= 15 is 0 Å². The van der Waals surface area contributed by atoms with Crippen LogP contribution >= 0.6 is 0 Å². The highest BCUT2D eigenvalue weighted by Gasteiger charge is 2.57. The van der Waals surface area contributed by atoms with Gasteiger partial charge in [0.25, 0.3) is 12.3 Å². The molecule has 2 unspecified atom stereocenters. The van der Waals surface area contributed by atoms with Crippen molar-refractivity contribution >= 4 is 0 Å². The van der Waals surface area contributed by atoms with Crippen LogP contribution in [0.1, 0.15) is 86.8 Å². The van der Waals surface area contributed by atoms with E-state index in [9.17, 15) is 30.7 Å². The lowest BCUT2D eigenvalue weighted by molar-refractivity contribution is -0.142. The monoisotopic (exact) mass is 499 g/mol. The van der Waals surface area contributed by atoms with Crippen molar-refractivity contribution in [2.45, 2.75) is 77.9 Å². The summed E-state index contributed by atoms with van der Waals surface area (Å²) in [4.78, 5) is 0. The van der Waals surface area contributed by atoms with Crippen LogP contribution in [-0.4, -0.2) is 26.1 Å². The van der Waals surface area contributed by atoms with Crippen LogP contribution < -0.4 is 5.32 Å². The first-order valence-corrected chi connectivity index (χ1v) is 11.5. The van der Waals surface area contributed by atoms with Crippen molar-refractivity contribution in [1.82, 2.24) is 24.9 Å². The summed E-state index contributed by atoms with van der Waals surface area (Å²) in [6.07, 6.45) is -6.31. The van der Waals surface area contributed by atoms with Gasteiger partial charge in [0.2, 0.25) is 0 Å². The molecule has 0 spiro atoms. The molecule has 34 heavy (non-hydrogen) atoms. The largest absolute Gasteiger partial charge is 0.435 e. The molecule has 1 saturated carbocycles. The van der Waals surface area contributed by atoms with Crippen LogP contribution in [0.15, 0.2) is 0 Å². The highest BCUT2D eigenvalue weighted by atomic mass is 19.4. The van der Waals surface area contributed by atoms with Crippen LogP contribution in [0.3, 0.4) is 0 Å². The molecule has 1 N–H and O–H groups in total. The van der Waals surface area contributed by atoms with Crippen LogP contribution in [-0.2, 0) is 39.2 Å². The van der Waals surface area contributed by atoms with Gasteiger partial charge in [-0.05, 0) is 12.3 Å². The van der Waals surface area contributed by atoms with Crippen molar-refractivity contribution in [3.63, 3.8) is 0 Å². The van der Waals surface area contributed by atoms with Crippen molar-refractivity contribution in [3.05, 3.63) is 33.9 Å². The van der Waals surface area contributed by atoms with Crippen LogP contribution in [0.4, 0.5) is 30.7 Å². The molecule has 0 aromatic carbocycles. The van der Waals surface area contributed by atoms with E-state index in [0.717, 1.165) is 0 Å². The molecule has 0 bridgehead atoms. The van der Waals surface area contributed by atoms with Crippen LogP contribution in [0.5, 0.6) is 0 Å². The second-order valence-corrected chi connectivity index (χ2v) is 7.90. The fourth-order valence-electron chi connectivity index (χ4n) is 4.50. The van der Waals surface area contributed by atoms with E-state index < -0.39 is 35.5 Å². The number of nitrogens with zero attached hydrogens (tertiary/aromatic N) is 4. The SMILES string of the molecule is CC.CC.Cn1nc(C(F)(F)F)c2c1CCNC2.Cn1nc(C(F)F)c2c1C1CC1CC2(F)F. The summed E-state index contributed by atoms with van der Waals surface area (Å²) in [6.45, 7) is 8.97. The summed E-state index contributed by atoms with van der Waals surface area (Å²) in [5.74, 6) is -3.18. The third kappa shape index (κ3) is 5.41. The quantitative estimate of drug-likeness (QED) is 0.483. The third-order valence-corrected chi connectivity index (χ3v) is 5.87. The molecule has 194 valence electrons. The summed E-state index contributed by atoms with van der Waals surface area (Å²) < 4.78 is 92.7. The highest BCUT2D eigenvalue weighted by Crippen LogP contribution is 2.61. The summed E-state index contributed by atoms with van der Waals surface area (Å²) >= 11 is 0. The minimum absolute atomic E-state index is 0.0135. The van der Waals surface area contributed by atoms with E-state index in [1.807, 2.05) is 27.7 Å². The van der Waals surface area contributed by atoms with Gasteiger partial charge in [-0.25, -0.2) is 17.6 Å². The van der Waals surface area contributed by atoms with Crippen molar-refractivity contribution in [3.8, 4) is 0 Å². The van der Waals surface area contributed by atoms with Gasteiger partial charge in [-0.2, -0.15) is 23.4 Å². The van der Waals surface area contributed by atoms with Gasteiger partial charge in [-0.3, -0.25) is 9.36 Å². The molecule has 0 saturated heterocycles.